The Morgan fingerprint density at radius 1 is 1.28 bits per heavy atom. The zero-order valence-electron chi connectivity index (χ0n) is 12.7. The summed E-state index contributed by atoms with van der Waals surface area (Å²) < 4.78 is 2.04. The highest BCUT2D eigenvalue weighted by atomic mass is 15.3. The number of aromatic nitrogens is 2. The van der Waals surface area contributed by atoms with Gasteiger partial charge in [0, 0.05) is 24.3 Å². The molecule has 0 bridgehead atoms. The van der Waals surface area contributed by atoms with Gasteiger partial charge in [0.15, 0.2) is 0 Å². The standard InChI is InChI=1S/C13H23N3.C2H6/c1-11(2)16-10-13(8-14-16)9-15-6-4-12(3)5-7-15;1-2/h8,10-12H,4-7,9H2,1-3H3;1-2H3. The average molecular weight is 251 g/mol. The minimum Gasteiger partial charge on any atom is -0.299 e. The summed E-state index contributed by atoms with van der Waals surface area (Å²) in [5.74, 6) is 0.912. The fourth-order valence-corrected chi connectivity index (χ4v) is 2.22. The van der Waals surface area contributed by atoms with E-state index < -0.39 is 0 Å². The molecular weight excluding hydrogens is 222 g/mol. The van der Waals surface area contributed by atoms with Crippen LogP contribution in [0.15, 0.2) is 12.4 Å². The molecule has 0 saturated carbocycles. The summed E-state index contributed by atoms with van der Waals surface area (Å²) in [4.78, 5) is 2.54. The van der Waals surface area contributed by atoms with E-state index in [4.69, 9.17) is 0 Å². The average Bonchev–Trinajstić information content (AvgIpc) is 2.83. The van der Waals surface area contributed by atoms with Crippen LogP contribution in [0.3, 0.4) is 0 Å². The largest absolute Gasteiger partial charge is 0.299 e. The van der Waals surface area contributed by atoms with Crippen molar-refractivity contribution in [2.45, 2.75) is 60.0 Å². The van der Waals surface area contributed by atoms with E-state index in [0.29, 0.717) is 6.04 Å². The van der Waals surface area contributed by atoms with Crippen LogP contribution in [0.1, 0.15) is 59.1 Å². The van der Waals surface area contributed by atoms with E-state index in [1.54, 1.807) is 0 Å². The highest BCUT2D eigenvalue weighted by Gasteiger charge is 2.16. The van der Waals surface area contributed by atoms with Crippen molar-refractivity contribution >= 4 is 0 Å². The van der Waals surface area contributed by atoms with Crippen molar-refractivity contribution in [3.8, 4) is 0 Å². The summed E-state index contributed by atoms with van der Waals surface area (Å²) in [6.07, 6.45) is 6.89. The van der Waals surface area contributed by atoms with Crippen molar-refractivity contribution in [3.05, 3.63) is 18.0 Å². The molecule has 0 radical (unpaired) electrons. The van der Waals surface area contributed by atoms with E-state index in [1.165, 1.54) is 31.5 Å². The third-order valence-corrected chi connectivity index (χ3v) is 3.47. The van der Waals surface area contributed by atoms with E-state index in [-0.39, 0.29) is 0 Å². The second-order valence-corrected chi connectivity index (χ2v) is 5.38. The lowest BCUT2D eigenvalue weighted by molar-refractivity contribution is 0.185. The van der Waals surface area contributed by atoms with Crippen molar-refractivity contribution in [1.82, 2.24) is 14.7 Å². The normalized spacial score (nSPS) is 17.7. The van der Waals surface area contributed by atoms with Crippen molar-refractivity contribution in [1.29, 1.82) is 0 Å². The van der Waals surface area contributed by atoms with E-state index in [1.807, 2.05) is 24.7 Å². The highest BCUT2D eigenvalue weighted by molar-refractivity contribution is 5.04. The summed E-state index contributed by atoms with van der Waals surface area (Å²) in [6.45, 7) is 14.2. The Morgan fingerprint density at radius 3 is 2.39 bits per heavy atom. The molecule has 0 spiro atoms. The van der Waals surface area contributed by atoms with Crippen LogP contribution >= 0.6 is 0 Å². The summed E-state index contributed by atoms with van der Waals surface area (Å²) in [7, 11) is 0. The fraction of sp³-hybridized carbons (Fsp3) is 0.800. The highest BCUT2D eigenvalue weighted by Crippen LogP contribution is 2.18. The number of piperidine rings is 1. The summed E-state index contributed by atoms with van der Waals surface area (Å²) in [5.41, 5.74) is 1.35. The van der Waals surface area contributed by atoms with Gasteiger partial charge in [-0.2, -0.15) is 5.10 Å². The van der Waals surface area contributed by atoms with Crippen molar-refractivity contribution < 1.29 is 0 Å². The van der Waals surface area contributed by atoms with Crippen molar-refractivity contribution in [2.24, 2.45) is 5.92 Å². The van der Waals surface area contributed by atoms with Crippen LogP contribution in [0.4, 0.5) is 0 Å². The van der Waals surface area contributed by atoms with Gasteiger partial charge >= 0.3 is 0 Å². The second kappa shape index (κ2) is 7.57. The summed E-state index contributed by atoms with van der Waals surface area (Å²) in [6, 6.07) is 0.468. The molecule has 18 heavy (non-hydrogen) atoms. The quantitative estimate of drug-likeness (QED) is 0.816. The molecule has 0 N–H and O–H groups in total. The van der Waals surface area contributed by atoms with Gasteiger partial charge in [-0.1, -0.05) is 20.8 Å². The Morgan fingerprint density at radius 2 is 1.89 bits per heavy atom. The first-order valence-corrected chi connectivity index (χ1v) is 7.40. The van der Waals surface area contributed by atoms with Gasteiger partial charge in [0.2, 0.25) is 0 Å². The van der Waals surface area contributed by atoms with Gasteiger partial charge in [0.1, 0.15) is 0 Å². The van der Waals surface area contributed by atoms with Gasteiger partial charge in [-0.15, -0.1) is 0 Å². The minimum atomic E-state index is 0.468. The van der Waals surface area contributed by atoms with E-state index in [0.717, 1.165) is 12.5 Å². The van der Waals surface area contributed by atoms with E-state index >= 15 is 0 Å². The lowest BCUT2D eigenvalue weighted by atomic mass is 9.99. The third-order valence-electron chi connectivity index (χ3n) is 3.47. The molecule has 1 aromatic heterocycles. The van der Waals surface area contributed by atoms with Crippen LogP contribution in [0, 0.1) is 5.92 Å². The monoisotopic (exact) mass is 251 g/mol. The zero-order chi connectivity index (χ0) is 13.5. The molecule has 0 aliphatic carbocycles. The molecule has 2 rings (SSSR count). The van der Waals surface area contributed by atoms with Crippen LogP contribution in [0.25, 0.3) is 0 Å². The Hall–Kier alpha value is -0.830. The van der Waals surface area contributed by atoms with Gasteiger partial charge in [0.25, 0.3) is 0 Å². The van der Waals surface area contributed by atoms with Gasteiger partial charge in [-0.05, 0) is 45.7 Å². The minimum absolute atomic E-state index is 0.468. The van der Waals surface area contributed by atoms with Crippen molar-refractivity contribution in [3.63, 3.8) is 0 Å². The maximum Gasteiger partial charge on any atom is 0.0534 e. The molecule has 3 heteroatoms. The molecule has 1 aliphatic heterocycles. The van der Waals surface area contributed by atoms with Gasteiger partial charge in [-0.3, -0.25) is 9.58 Å². The zero-order valence-corrected chi connectivity index (χ0v) is 12.7. The third kappa shape index (κ3) is 4.45. The molecule has 3 nitrogen and oxygen atoms in total. The first-order chi connectivity index (χ1) is 8.65. The number of likely N-dealkylation sites (tertiary alicyclic amines) is 1. The molecule has 0 atom stereocenters. The maximum atomic E-state index is 4.39. The smallest absolute Gasteiger partial charge is 0.0534 e. The summed E-state index contributed by atoms with van der Waals surface area (Å²) in [5, 5.41) is 4.39. The molecule has 104 valence electrons. The van der Waals surface area contributed by atoms with Crippen LogP contribution in [0.5, 0.6) is 0 Å². The van der Waals surface area contributed by atoms with E-state index in [2.05, 4.69) is 37.0 Å². The Kier molecular flexibility index (Phi) is 6.41. The molecule has 1 saturated heterocycles. The summed E-state index contributed by atoms with van der Waals surface area (Å²) >= 11 is 0. The number of nitrogens with zero attached hydrogens (tertiary/aromatic N) is 3. The van der Waals surface area contributed by atoms with Gasteiger partial charge < -0.3 is 0 Å². The molecule has 0 aromatic carbocycles. The lowest BCUT2D eigenvalue weighted by Crippen LogP contribution is -2.32. The SMILES string of the molecule is CC.CC1CCN(Cc2cnn(C(C)C)c2)CC1. The molecule has 1 fully saturated rings. The molecule has 1 aliphatic rings. The van der Waals surface area contributed by atoms with Crippen LogP contribution in [-0.4, -0.2) is 27.8 Å². The molecule has 0 unspecified atom stereocenters. The molecular formula is C15H29N3. The topological polar surface area (TPSA) is 21.1 Å². The first kappa shape index (κ1) is 15.2. The van der Waals surface area contributed by atoms with Crippen LogP contribution < -0.4 is 0 Å². The number of hydrogen-bond donors (Lipinski definition) is 0. The van der Waals surface area contributed by atoms with Gasteiger partial charge in [0.05, 0.1) is 6.20 Å². The van der Waals surface area contributed by atoms with Crippen LogP contribution in [-0.2, 0) is 6.54 Å². The Bertz CT molecular complexity index is 322. The van der Waals surface area contributed by atoms with E-state index in [9.17, 15) is 0 Å². The lowest BCUT2D eigenvalue weighted by Gasteiger charge is -2.29. The molecule has 1 aromatic rings. The predicted octanol–water partition coefficient (Wildman–Crippen LogP) is 3.72. The van der Waals surface area contributed by atoms with Crippen molar-refractivity contribution in [2.75, 3.05) is 13.1 Å². The maximum absolute atomic E-state index is 4.39. The fourth-order valence-electron chi connectivity index (χ4n) is 2.22. The predicted molar refractivity (Wildman–Crippen MR) is 77.6 cm³/mol. The molecule has 2 heterocycles. The number of rotatable bonds is 3. The van der Waals surface area contributed by atoms with Crippen LogP contribution in [0.2, 0.25) is 0 Å². The number of hydrogen-bond acceptors (Lipinski definition) is 2. The second-order valence-electron chi connectivity index (χ2n) is 5.38. The first-order valence-electron chi connectivity index (χ1n) is 7.40. The Labute approximate surface area is 112 Å². The van der Waals surface area contributed by atoms with Gasteiger partial charge in [-0.25, -0.2) is 0 Å². The Balaban J connectivity index is 0.000000771. The molecule has 0 amide bonds.